The number of hydrogen-bond acceptors (Lipinski definition) is 1. The van der Waals surface area contributed by atoms with Crippen LogP contribution >= 0.6 is 15.9 Å². The molecule has 1 unspecified atom stereocenters. The Kier molecular flexibility index (Phi) is 3.44. The molecule has 0 radical (unpaired) electrons. The lowest BCUT2D eigenvalue weighted by atomic mass is 9.91. The Hall–Kier alpha value is -0.800. The molecule has 0 amide bonds. The molecule has 19 heavy (non-hydrogen) atoms. The van der Waals surface area contributed by atoms with Crippen LogP contribution in [0.1, 0.15) is 31.5 Å². The number of benzene rings is 1. The number of aromatic nitrogens is 1. The highest BCUT2D eigenvalue weighted by molar-refractivity contribution is 9.10. The summed E-state index contributed by atoms with van der Waals surface area (Å²) in [5, 5.41) is 5.11. The van der Waals surface area contributed by atoms with Crippen molar-refractivity contribution in [3.8, 4) is 0 Å². The first-order valence-electron chi connectivity index (χ1n) is 7.08. The van der Waals surface area contributed by atoms with Crippen LogP contribution in [0.25, 0.3) is 10.9 Å². The first-order chi connectivity index (χ1) is 9.06. The van der Waals surface area contributed by atoms with Crippen molar-refractivity contribution in [2.24, 2.45) is 7.05 Å². The zero-order valence-corrected chi connectivity index (χ0v) is 13.4. The summed E-state index contributed by atoms with van der Waals surface area (Å²) in [5.41, 5.74) is 4.43. The Balaban J connectivity index is 2.05. The smallest absolute Gasteiger partial charge is 0.0483 e. The maximum Gasteiger partial charge on any atom is 0.0483 e. The van der Waals surface area contributed by atoms with Crippen LogP contribution in [0.5, 0.6) is 0 Å². The number of nitrogens with zero attached hydrogens (tertiary/aromatic N) is 1. The van der Waals surface area contributed by atoms with E-state index in [0.29, 0.717) is 12.1 Å². The highest BCUT2D eigenvalue weighted by Crippen LogP contribution is 2.33. The molecule has 0 saturated carbocycles. The maximum absolute atomic E-state index is 3.69. The molecule has 0 bridgehead atoms. The molecule has 0 aliphatic heterocycles. The molecule has 0 saturated heterocycles. The van der Waals surface area contributed by atoms with E-state index in [2.05, 4.69) is 64.9 Å². The fraction of sp³-hybridized carbons (Fsp3) is 0.500. The quantitative estimate of drug-likeness (QED) is 0.890. The van der Waals surface area contributed by atoms with Gasteiger partial charge in [0.05, 0.1) is 0 Å². The molecule has 1 aliphatic rings. The zero-order valence-electron chi connectivity index (χ0n) is 11.8. The van der Waals surface area contributed by atoms with Crippen molar-refractivity contribution < 1.29 is 0 Å². The average molecular weight is 321 g/mol. The van der Waals surface area contributed by atoms with Crippen LogP contribution in [0, 0.1) is 0 Å². The highest BCUT2D eigenvalue weighted by Gasteiger charge is 2.24. The molecule has 1 aliphatic carbocycles. The predicted octanol–water partition coefficient (Wildman–Crippen LogP) is 3.80. The molecule has 1 atom stereocenters. The van der Waals surface area contributed by atoms with Crippen LogP contribution in [0.15, 0.2) is 22.7 Å². The van der Waals surface area contributed by atoms with Gasteiger partial charge in [-0.1, -0.05) is 29.8 Å². The van der Waals surface area contributed by atoms with Crippen molar-refractivity contribution in [2.45, 2.75) is 45.2 Å². The van der Waals surface area contributed by atoms with Gasteiger partial charge in [0.25, 0.3) is 0 Å². The third kappa shape index (κ3) is 2.34. The summed E-state index contributed by atoms with van der Waals surface area (Å²) in [7, 11) is 2.20. The first-order valence-corrected chi connectivity index (χ1v) is 7.87. The average Bonchev–Trinajstić information content (AvgIpc) is 2.62. The summed E-state index contributed by atoms with van der Waals surface area (Å²) in [5.74, 6) is 0. The molecule has 2 aromatic rings. The van der Waals surface area contributed by atoms with Crippen molar-refractivity contribution >= 4 is 26.8 Å². The number of aryl methyl sites for hydroxylation is 1. The molecule has 3 rings (SSSR count). The van der Waals surface area contributed by atoms with Crippen LogP contribution in [-0.2, 0) is 19.9 Å². The van der Waals surface area contributed by atoms with Crippen LogP contribution < -0.4 is 5.32 Å². The topological polar surface area (TPSA) is 17.0 Å². The Morgan fingerprint density at radius 1 is 1.37 bits per heavy atom. The normalized spacial score (nSPS) is 19.1. The lowest BCUT2D eigenvalue weighted by molar-refractivity contribution is 0.418. The van der Waals surface area contributed by atoms with Gasteiger partial charge in [-0.3, -0.25) is 0 Å². The summed E-state index contributed by atoms with van der Waals surface area (Å²) >= 11 is 3.60. The zero-order chi connectivity index (χ0) is 13.6. The van der Waals surface area contributed by atoms with Crippen LogP contribution in [0.3, 0.4) is 0 Å². The highest BCUT2D eigenvalue weighted by atomic mass is 79.9. The Morgan fingerprint density at radius 2 is 2.16 bits per heavy atom. The molecule has 2 nitrogen and oxygen atoms in total. The Morgan fingerprint density at radius 3 is 2.89 bits per heavy atom. The van der Waals surface area contributed by atoms with Gasteiger partial charge in [0.15, 0.2) is 0 Å². The van der Waals surface area contributed by atoms with Crippen molar-refractivity contribution in [3.63, 3.8) is 0 Å². The molecular weight excluding hydrogens is 300 g/mol. The molecule has 0 spiro atoms. The van der Waals surface area contributed by atoms with Crippen molar-refractivity contribution in [1.82, 2.24) is 9.88 Å². The Labute approximate surface area is 123 Å². The summed E-state index contributed by atoms with van der Waals surface area (Å²) in [4.78, 5) is 0. The van der Waals surface area contributed by atoms with Crippen LogP contribution in [0.2, 0.25) is 0 Å². The molecule has 1 heterocycles. The van der Waals surface area contributed by atoms with E-state index in [4.69, 9.17) is 0 Å². The predicted molar refractivity (Wildman–Crippen MR) is 84.7 cm³/mol. The minimum atomic E-state index is 0.563. The van der Waals surface area contributed by atoms with Gasteiger partial charge in [0, 0.05) is 40.2 Å². The van der Waals surface area contributed by atoms with Crippen molar-refractivity contribution in [1.29, 1.82) is 0 Å². The first kappa shape index (κ1) is 13.2. The van der Waals surface area contributed by atoms with Crippen molar-refractivity contribution in [3.05, 3.63) is 33.9 Å². The summed E-state index contributed by atoms with van der Waals surface area (Å²) in [6, 6.07) is 7.82. The standard InChI is InChI=1S/C16H21BrN2/c1-10(2)18-12-5-7-16-14(9-12)13-8-11(17)4-6-15(13)19(16)3/h4,6,8,10,12,18H,5,7,9H2,1-3H3. The number of halogens is 1. The van der Waals surface area contributed by atoms with E-state index in [1.807, 2.05) is 0 Å². The molecule has 0 fully saturated rings. The molecule has 3 heteroatoms. The fourth-order valence-corrected chi connectivity index (χ4v) is 3.73. The van der Waals surface area contributed by atoms with Crippen LogP contribution in [-0.4, -0.2) is 16.7 Å². The lowest BCUT2D eigenvalue weighted by Crippen LogP contribution is -2.38. The van der Waals surface area contributed by atoms with E-state index in [1.54, 1.807) is 5.56 Å². The van der Waals surface area contributed by atoms with Gasteiger partial charge in [0.1, 0.15) is 0 Å². The van der Waals surface area contributed by atoms with Gasteiger partial charge < -0.3 is 9.88 Å². The monoisotopic (exact) mass is 320 g/mol. The second-order valence-electron chi connectivity index (χ2n) is 5.91. The minimum Gasteiger partial charge on any atom is -0.347 e. The minimum absolute atomic E-state index is 0.563. The van der Waals surface area contributed by atoms with Gasteiger partial charge in [-0.15, -0.1) is 0 Å². The molecular formula is C16H21BrN2. The molecule has 1 aromatic heterocycles. The third-order valence-electron chi connectivity index (χ3n) is 4.15. The fourth-order valence-electron chi connectivity index (χ4n) is 3.37. The number of hydrogen-bond donors (Lipinski definition) is 1. The van der Waals surface area contributed by atoms with E-state index in [-0.39, 0.29) is 0 Å². The summed E-state index contributed by atoms with van der Waals surface area (Å²) < 4.78 is 3.55. The van der Waals surface area contributed by atoms with Gasteiger partial charge in [-0.2, -0.15) is 0 Å². The second kappa shape index (κ2) is 4.95. The molecule has 1 N–H and O–H groups in total. The van der Waals surface area contributed by atoms with Gasteiger partial charge >= 0.3 is 0 Å². The number of fused-ring (bicyclic) bond motifs is 3. The number of nitrogens with one attached hydrogen (secondary N) is 1. The van der Waals surface area contributed by atoms with Gasteiger partial charge in [-0.05, 0) is 43.0 Å². The van der Waals surface area contributed by atoms with E-state index < -0.39 is 0 Å². The maximum atomic E-state index is 3.69. The largest absolute Gasteiger partial charge is 0.347 e. The van der Waals surface area contributed by atoms with Crippen molar-refractivity contribution in [2.75, 3.05) is 0 Å². The summed E-state index contributed by atoms with van der Waals surface area (Å²) in [6.45, 7) is 4.46. The number of rotatable bonds is 2. The summed E-state index contributed by atoms with van der Waals surface area (Å²) in [6.07, 6.45) is 3.58. The van der Waals surface area contributed by atoms with E-state index in [0.717, 1.165) is 6.42 Å². The van der Waals surface area contributed by atoms with Gasteiger partial charge in [0.2, 0.25) is 0 Å². The van der Waals surface area contributed by atoms with E-state index >= 15 is 0 Å². The third-order valence-corrected chi connectivity index (χ3v) is 4.64. The Bertz CT molecular complexity index is 613. The van der Waals surface area contributed by atoms with E-state index in [9.17, 15) is 0 Å². The SMILES string of the molecule is CC(C)NC1CCc2c(c3cc(Br)ccc3n2C)C1. The van der Waals surface area contributed by atoms with Gasteiger partial charge in [-0.25, -0.2) is 0 Å². The van der Waals surface area contributed by atoms with Crippen LogP contribution in [0.4, 0.5) is 0 Å². The second-order valence-corrected chi connectivity index (χ2v) is 6.82. The lowest BCUT2D eigenvalue weighted by Gasteiger charge is -2.26. The molecule has 1 aromatic carbocycles. The van der Waals surface area contributed by atoms with E-state index in [1.165, 1.54) is 33.9 Å². The molecule has 102 valence electrons.